The van der Waals surface area contributed by atoms with Crippen LogP contribution < -0.4 is 0 Å². The third-order valence-corrected chi connectivity index (χ3v) is 6.62. The van der Waals surface area contributed by atoms with Gasteiger partial charge in [-0.3, -0.25) is 0 Å². The van der Waals surface area contributed by atoms with Gasteiger partial charge in [0.2, 0.25) is 0 Å². The molecule has 0 saturated heterocycles. The van der Waals surface area contributed by atoms with E-state index < -0.39 is 0 Å². The fourth-order valence-electron chi connectivity index (χ4n) is 6.07. The van der Waals surface area contributed by atoms with E-state index in [1.165, 1.54) is 25.7 Å². The van der Waals surface area contributed by atoms with Crippen LogP contribution in [0.5, 0.6) is 0 Å². The second kappa shape index (κ2) is 3.50. The maximum atomic E-state index is 4.70. The molecule has 0 N–H and O–H groups in total. The molecule has 6 atom stereocenters. The molecule has 0 spiro atoms. The van der Waals surface area contributed by atoms with Crippen molar-refractivity contribution in [3.8, 4) is 0 Å². The second-order valence-electron chi connectivity index (χ2n) is 8.08. The summed E-state index contributed by atoms with van der Waals surface area (Å²) in [6.45, 7) is 9.98. The van der Waals surface area contributed by atoms with Gasteiger partial charge in [-0.15, -0.1) is 6.04 Å². The van der Waals surface area contributed by atoms with Gasteiger partial charge in [-0.2, -0.15) is 7.05 Å². The van der Waals surface area contributed by atoms with E-state index in [1.54, 1.807) is 0 Å². The third-order valence-electron chi connectivity index (χ3n) is 6.62. The Bertz CT molecular complexity index is 323. The average molecular weight is 234 g/mol. The first-order valence-corrected chi connectivity index (χ1v) is 7.48. The van der Waals surface area contributed by atoms with Crippen LogP contribution >= 0.6 is 0 Å². The Morgan fingerprint density at radius 1 is 1.12 bits per heavy atom. The monoisotopic (exact) mass is 234 g/mol. The molecule has 4 saturated carbocycles. The lowest BCUT2D eigenvalue weighted by Crippen LogP contribution is -2.53. The number of fused-ring (bicyclic) bond motifs is 1. The van der Waals surface area contributed by atoms with Gasteiger partial charge in [0, 0.05) is 0 Å². The SMILES string of the molecule is C[N-][C@H]1CC2C3CC1(C)CC2(C)C[C@H]3C(C)C. The van der Waals surface area contributed by atoms with Crippen molar-refractivity contribution >= 4 is 0 Å². The maximum Gasteiger partial charge on any atom is -0.0288 e. The van der Waals surface area contributed by atoms with Crippen LogP contribution in [0.4, 0.5) is 0 Å². The van der Waals surface area contributed by atoms with Crippen LogP contribution in [0.1, 0.15) is 53.4 Å². The molecule has 4 aliphatic rings. The smallest absolute Gasteiger partial charge is 0.0288 e. The summed E-state index contributed by atoms with van der Waals surface area (Å²) in [4.78, 5) is 0. The highest BCUT2D eigenvalue weighted by Crippen LogP contribution is 2.70. The fraction of sp³-hybridized carbons (Fsp3) is 1.00. The Labute approximate surface area is 107 Å². The highest BCUT2D eigenvalue weighted by molar-refractivity contribution is 5.18. The Morgan fingerprint density at radius 3 is 2.35 bits per heavy atom. The van der Waals surface area contributed by atoms with E-state index in [-0.39, 0.29) is 0 Å². The molecule has 4 bridgehead atoms. The minimum atomic E-state index is 0.520. The highest BCUT2D eigenvalue weighted by Gasteiger charge is 2.62. The van der Waals surface area contributed by atoms with Gasteiger partial charge >= 0.3 is 0 Å². The van der Waals surface area contributed by atoms with Gasteiger partial charge in [-0.05, 0) is 53.8 Å². The first-order chi connectivity index (χ1) is 7.89. The van der Waals surface area contributed by atoms with Gasteiger partial charge in [0.1, 0.15) is 0 Å². The lowest BCUT2D eigenvalue weighted by Gasteiger charge is -2.63. The summed E-state index contributed by atoms with van der Waals surface area (Å²) in [5.41, 5.74) is 1.17. The van der Waals surface area contributed by atoms with Crippen LogP contribution in [0, 0.1) is 34.5 Å². The van der Waals surface area contributed by atoms with Gasteiger partial charge in [0.25, 0.3) is 0 Å². The van der Waals surface area contributed by atoms with Crippen LogP contribution in [-0.2, 0) is 0 Å². The molecule has 4 unspecified atom stereocenters. The van der Waals surface area contributed by atoms with Gasteiger partial charge in [0.05, 0.1) is 0 Å². The third kappa shape index (κ3) is 1.47. The molecule has 17 heavy (non-hydrogen) atoms. The first kappa shape index (κ1) is 12.0. The first-order valence-electron chi connectivity index (χ1n) is 7.48. The van der Waals surface area contributed by atoms with Crippen molar-refractivity contribution in [2.24, 2.45) is 34.5 Å². The molecule has 0 amide bonds. The zero-order chi connectivity index (χ0) is 12.4. The molecule has 0 aromatic heterocycles. The maximum absolute atomic E-state index is 4.70. The molecule has 0 aromatic carbocycles. The second-order valence-corrected chi connectivity index (χ2v) is 8.08. The molecule has 98 valence electrons. The van der Waals surface area contributed by atoms with E-state index in [0.29, 0.717) is 16.9 Å². The van der Waals surface area contributed by atoms with Crippen LogP contribution in [0.3, 0.4) is 0 Å². The van der Waals surface area contributed by atoms with Crippen molar-refractivity contribution in [2.75, 3.05) is 7.05 Å². The molecule has 4 rings (SSSR count). The van der Waals surface area contributed by atoms with Crippen molar-refractivity contribution in [3.05, 3.63) is 5.32 Å². The number of hydrogen-bond acceptors (Lipinski definition) is 0. The van der Waals surface area contributed by atoms with Crippen LogP contribution in [-0.4, -0.2) is 13.1 Å². The fourth-order valence-corrected chi connectivity index (χ4v) is 6.07. The standard InChI is InChI=1S/C16H28N/c1-10(2)11-7-15(3)9-16(4)8-12(11)13(15)6-14(16)17-5/h10-14H,6-9H2,1-5H3/q-1/t11-,12?,13?,14-,15?,16?/m0/s1. The predicted octanol–water partition coefficient (Wildman–Crippen LogP) is 4.48. The molecule has 4 fully saturated rings. The van der Waals surface area contributed by atoms with E-state index in [2.05, 4.69) is 27.7 Å². The summed E-state index contributed by atoms with van der Waals surface area (Å²) in [6, 6.07) is 0.655. The Morgan fingerprint density at radius 2 is 1.82 bits per heavy atom. The summed E-state index contributed by atoms with van der Waals surface area (Å²) in [5.74, 6) is 3.86. The summed E-state index contributed by atoms with van der Waals surface area (Å²) in [5, 5.41) is 4.70. The topological polar surface area (TPSA) is 14.1 Å². The number of hydrogen-bond donors (Lipinski definition) is 0. The highest BCUT2D eigenvalue weighted by atomic mass is 14.9. The van der Waals surface area contributed by atoms with Gasteiger partial charge in [-0.25, -0.2) is 0 Å². The minimum Gasteiger partial charge on any atom is -0.662 e. The van der Waals surface area contributed by atoms with Crippen LogP contribution in [0.25, 0.3) is 5.32 Å². The normalized spacial score (nSPS) is 56.8. The van der Waals surface area contributed by atoms with Gasteiger partial charge in [0.15, 0.2) is 0 Å². The molecule has 0 heterocycles. The largest absolute Gasteiger partial charge is 0.662 e. The van der Waals surface area contributed by atoms with Crippen molar-refractivity contribution in [1.29, 1.82) is 0 Å². The summed E-state index contributed by atoms with van der Waals surface area (Å²) >= 11 is 0. The van der Waals surface area contributed by atoms with Crippen LogP contribution in [0.2, 0.25) is 0 Å². The summed E-state index contributed by atoms with van der Waals surface area (Å²) in [6.07, 6.45) is 5.77. The number of rotatable bonds is 2. The predicted molar refractivity (Wildman–Crippen MR) is 73.1 cm³/mol. The average Bonchev–Trinajstić information content (AvgIpc) is 2.43. The molecule has 4 aliphatic carbocycles. The zero-order valence-corrected chi connectivity index (χ0v) is 12.2. The molecule has 0 aliphatic heterocycles. The van der Waals surface area contributed by atoms with E-state index in [9.17, 15) is 0 Å². The molecular weight excluding hydrogens is 206 g/mol. The summed E-state index contributed by atoms with van der Waals surface area (Å²) in [7, 11) is 2.04. The Balaban J connectivity index is 1.94. The molecule has 0 radical (unpaired) electrons. The van der Waals surface area contributed by atoms with Crippen LogP contribution in [0.15, 0.2) is 0 Å². The van der Waals surface area contributed by atoms with Gasteiger partial charge in [-0.1, -0.05) is 34.1 Å². The number of nitrogens with zero attached hydrogens (tertiary/aromatic N) is 1. The van der Waals surface area contributed by atoms with E-state index in [1.807, 2.05) is 7.05 Å². The molecule has 0 aromatic rings. The molecular formula is C16H28N-. The van der Waals surface area contributed by atoms with Gasteiger partial charge < -0.3 is 5.32 Å². The quantitative estimate of drug-likeness (QED) is 0.669. The zero-order valence-electron chi connectivity index (χ0n) is 12.2. The van der Waals surface area contributed by atoms with E-state index in [4.69, 9.17) is 5.32 Å². The minimum absolute atomic E-state index is 0.520. The van der Waals surface area contributed by atoms with Crippen molar-refractivity contribution in [3.63, 3.8) is 0 Å². The lowest BCUT2D eigenvalue weighted by molar-refractivity contribution is -0.0516. The lowest BCUT2D eigenvalue weighted by atomic mass is 9.49. The van der Waals surface area contributed by atoms with Crippen molar-refractivity contribution < 1.29 is 0 Å². The molecule has 1 nitrogen and oxygen atoms in total. The molecule has 1 heteroatoms. The van der Waals surface area contributed by atoms with Crippen molar-refractivity contribution in [1.82, 2.24) is 0 Å². The Kier molecular flexibility index (Phi) is 2.47. The van der Waals surface area contributed by atoms with E-state index >= 15 is 0 Å². The van der Waals surface area contributed by atoms with E-state index in [0.717, 1.165) is 23.7 Å². The van der Waals surface area contributed by atoms with Crippen molar-refractivity contribution in [2.45, 2.75) is 59.4 Å². The summed E-state index contributed by atoms with van der Waals surface area (Å²) < 4.78 is 0. The Hall–Kier alpha value is -0.0400.